The Bertz CT molecular complexity index is 1920. The van der Waals surface area contributed by atoms with E-state index in [9.17, 15) is 32.3 Å². The molecule has 3 heterocycles. The maximum absolute atomic E-state index is 14.4. The molecule has 52 heavy (non-hydrogen) atoms. The Balaban J connectivity index is 1.08. The van der Waals surface area contributed by atoms with Crippen LogP contribution in [0.2, 0.25) is 0 Å². The third-order valence-corrected chi connectivity index (χ3v) is 9.35. The van der Waals surface area contributed by atoms with Crippen LogP contribution in [0.3, 0.4) is 0 Å². The number of aromatic hydroxyl groups is 1. The zero-order valence-corrected chi connectivity index (χ0v) is 29.0. The third-order valence-electron chi connectivity index (χ3n) is 9.35. The topological polar surface area (TPSA) is 134 Å². The summed E-state index contributed by atoms with van der Waals surface area (Å²) in [5.74, 6) is -1.51. The number of nitrogens with one attached hydrogen (secondary N) is 3. The van der Waals surface area contributed by atoms with E-state index in [-0.39, 0.29) is 35.0 Å². The number of amides is 2. The number of phenolic OH excluding ortho intramolecular Hbond substituents is 1. The normalized spacial score (nSPS) is 21.1. The van der Waals surface area contributed by atoms with Crippen molar-refractivity contribution in [3.63, 3.8) is 0 Å². The molecule has 1 saturated carbocycles. The van der Waals surface area contributed by atoms with Crippen molar-refractivity contribution in [2.75, 3.05) is 13.1 Å². The number of aromatic nitrogens is 3. The molecule has 0 spiro atoms. The number of phenols is 1. The van der Waals surface area contributed by atoms with Crippen LogP contribution in [-0.4, -0.2) is 73.8 Å². The molecule has 15 heteroatoms. The monoisotopic (exact) mass is 723 g/mol. The minimum atomic E-state index is -4.63. The van der Waals surface area contributed by atoms with Crippen LogP contribution in [0.15, 0.2) is 60.8 Å². The van der Waals surface area contributed by atoms with Crippen molar-refractivity contribution in [1.29, 1.82) is 0 Å². The molecule has 0 bridgehead atoms. The highest BCUT2D eigenvalue weighted by atomic mass is 19.4. The summed E-state index contributed by atoms with van der Waals surface area (Å²) in [7, 11) is 1.12. The van der Waals surface area contributed by atoms with E-state index in [2.05, 4.69) is 44.8 Å². The second-order valence-corrected chi connectivity index (χ2v) is 13.7. The molecule has 2 fully saturated rings. The summed E-state index contributed by atoms with van der Waals surface area (Å²) < 4.78 is 60.4. The first-order valence-corrected chi connectivity index (χ1v) is 17.2. The fraction of sp³-hybridized carbons (Fsp3) is 0.405. The van der Waals surface area contributed by atoms with E-state index in [4.69, 9.17) is 4.74 Å². The molecule has 0 radical (unpaired) electrons. The largest absolute Gasteiger partial charge is 0.508 e. The van der Waals surface area contributed by atoms with Gasteiger partial charge in [0.1, 0.15) is 28.6 Å². The number of rotatable bonds is 9. The molecule has 11 nitrogen and oxygen atoms in total. The van der Waals surface area contributed by atoms with Crippen LogP contribution in [0.4, 0.5) is 17.6 Å². The van der Waals surface area contributed by atoms with Crippen LogP contribution in [0, 0.1) is 5.82 Å². The molecule has 4 N–H and O–H groups in total. The van der Waals surface area contributed by atoms with Crippen molar-refractivity contribution in [2.24, 2.45) is 7.05 Å². The lowest BCUT2D eigenvalue weighted by atomic mass is 9.91. The number of halogens is 4. The van der Waals surface area contributed by atoms with Crippen LogP contribution < -0.4 is 20.7 Å². The predicted molar refractivity (Wildman–Crippen MR) is 184 cm³/mol. The number of benzene rings is 2. The molecule has 0 unspecified atom stereocenters. The smallest absolute Gasteiger partial charge is 0.433 e. The van der Waals surface area contributed by atoms with Gasteiger partial charge in [0.05, 0.1) is 6.20 Å². The van der Waals surface area contributed by atoms with Gasteiger partial charge in [0.2, 0.25) is 5.88 Å². The van der Waals surface area contributed by atoms with Crippen LogP contribution in [0.1, 0.15) is 71.6 Å². The van der Waals surface area contributed by atoms with Crippen LogP contribution in [0.5, 0.6) is 17.4 Å². The van der Waals surface area contributed by atoms with Crippen molar-refractivity contribution in [3.05, 3.63) is 89.1 Å². The van der Waals surface area contributed by atoms with Crippen molar-refractivity contribution in [3.8, 4) is 28.5 Å². The van der Waals surface area contributed by atoms with Gasteiger partial charge >= 0.3 is 6.18 Å². The maximum Gasteiger partial charge on any atom is 0.433 e. The molecule has 2 atom stereocenters. The Morgan fingerprint density at radius 2 is 1.60 bits per heavy atom. The molecule has 2 aromatic carbocycles. The lowest BCUT2D eigenvalue weighted by Gasteiger charge is -2.36. The fourth-order valence-electron chi connectivity index (χ4n) is 6.97. The number of hydrogen-bond acceptors (Lipinski definition) is 8. The number of nitrogens with zero attached hydrogens (tertiary/aromatic N) is 4. The number of alkyl halides is 3. The number of ether oxygens (including phenoxy) is 1. The van der Waals surface area contributed by atoms with Gasteiger partial charge in [-0.3, -0.25) is 19.2 Å². The molecule has 2 amide bonds. The van der Waals surface area contributed by atoms with E-state index in [0.717, 1.165) is 49.1 Å². The highest BCUT2D eigenvalue weighted by molar-refractivity contribution is 5.96. The second-order valence-electron chi connectivity index (χ2n) is 13.7. The van der Waals surface area contributed by atoms with E-state index in [1.807, 2.05) is 18.2 Å². The molecule has 2 aliphatic rings. The Labute approximate surface area is 298 Å². The first-order valence-electron chi connectivity index (χ1n) is 17.2. The summed E-state index contributed by atoms with van der Waals surface area (Å²) in [6, 6.07) is 14.4. The Kier molecular flexibility index (Phi) is 10.8. The van der Waals surface area contributed by atoms with Gasteiger partial charge in [-0.1, -0.05) is 18.2 Å². The van der Waals surface area contributed by atoms with E-state index in [1.165, 1.54) is 0 Å². The van der Waals surface area contributed by atoms with Gasteiger partial charge in [0.15, 0.2) is 5.69 Å². The van der Waals surface area contributed by atoms with E-state index in [1.54, 1.807) is 24.3 Å². The number of aryl methyl sites for hydroxylation is 1. The SMILES string of the molecule is C[C@@H]1CN(Cc2cc(-c3cccc(Oc4ncc(F)cc4C(=O)NC4CCC(NC(=O)c5cc(C(F)(F)F)n(C)n5)CC4)c3)ccc2O)C[C@H](C)N1. The molecule has 6 rings (SSSR count). The molecular formula is C37H41F4N7O4. The summed E-state index contributed by atoms with van der Waals surface area (Å²) >= 11 is 0. The van der Waals surface area contributed by atoms with Gasteiger partial charge in [0.25, 0.3) is 11.8 Å². The average molecular weight is 724 g/mol. The maximum atomic E-state index is 14.4. The van der Waals surface area contributed by atoms with Crippen molar-refractivity contribution in [1.82, 2.24) is 35.6 Å². The predicted octanol–water partition coefficient (Wildman–Crippen LogP) is 5.79. The molecular weight excluding hydrogens is 682 g/mol. The zero-order chi connectivity index (χ0) is 37.2. The summed E-state index contributed by atoms with van der Waals surface area (Å²) in [5, 5.41) is 23.5. The Morgan fingerprint density at radius 1 is 0.942 bits per heavy atom. The third kappa shape index (κ3) is 8.88. The van der Waals surface area contributed by atoms with E-state index >= 15 is 0 Å². The van der Waals surface area contributed by atoms with Gasteiger partial charge in [-0.05, 0) is 81.0 Å². The minimum Gasteiger partial charge on any atom is -0.508 e. The highest BCUT2D eigenvalue weighted by Gasteiger charge is 2.36. The summed E-state index contributed by atoms with van der Waals surface area (Å²) in [6.45, 7) is 6.60. The average Bonchev–Trinajstić information content (AvgIpc) is 3.50. The van der Waals surface area contributed by atoms with Gasteiger partial charge in [-0.2, -0.15) is 18.3 Å². The molecule has 1 aliphatic heterocycles. The summed E-state index contributed by atoms with van der Waals surface area (Å²) in [5.41, 5.74) is 1.02. The van der Waals surface area contributed by atoms with Crippen LogP contribution >= 0.6 is 0 Å². The van der Waals surface area contributed by atoms with Crippen molar-refractivity contribution in [2.45, 2.75) is 76.4 Å². The van der Waals surface area contributed by atoms with Crippen molar-refractivity contribution >= 4 is 11.8 Å². The lowest BCUT2D eigenvalue weighted by molar-refractivity contribution is -0.143. The van der Waals surface area contributed by atoms with E-state index < -0.39 is 29.5 Å². The van der Waals surface area contributed by atoms with Gasteiger partial charge in [-0.15, -0.1) is 0 Å². The molecule has 1 saturated heterocycles. The minimum absolute atomic E-state index is 0.0843. The first-order chi connectivity index (χ1) is 24.7. The molecule has 276 valence electrons. The fourth-order valence-corrected chi connectivity index (χ4v) is 6.97. The quantitative estimate of drug-likeness (QED) is 0.160. The standard InChI is InChI=1S/C37H41F4N7O4/c1-21-18-48(19-22(2)43-21)20-25-13-24(7-12-32(25)49)23-5-4-6-29(14-23)52-36-30(15-26(38)17-42-36)34(50)44-27-8-10-28(11-9-27)45-35(51)31-16-33(37(39,40)41)47(3)46-31/h4-7,12-17,21-22,27-28,43,49H,8-11,18-20H2,1-3H3,(H,44,50)(H,45,51)/t21-,22+,27?,28?. The van der Waals surface area contributed by atoms with Gasteiger partial charge in [-0.25, -0.2) is 9.37 Å². The van der Waals surface area contributed by atoms with Crippen LogP contribution in [0.25, 0.3) is 11.1 Å². The highest BCUT2D eigenvalue weighted by Crippen LogP contribution is 2.32. The molecule has 1 aliphatic carbocycles. The zero-order valence-electron chi connectivity index (χ0n) is 29.0. The number of carbonyl (C=O) groups excluding carboxylic acids is 2. The van der Waals surface area contributed by atoms with Crippen molar-refractivity contribution < 1.29 is 37.0 Å². The second kappa shape index (κ2) is 15.3. The Hall–Kier alpha value is -5.02. The van der Waals surface area contributed by atoms with Gasteiger partial charge < -0.3 is 25.8 Å². The number of pyridine rings is 1. The first kappa shape index (κ1) is 36.8. The van der Waals surface area contributed by atoms with Crippen LogP contribution in [-0.2, 0) is 19.8 Å². The summed E-state index contributed by atoms with van der Waals surface area (Å²) in [6.07, 6.45) is -1.82. The molecule has 2 aromatic heterocycles. The van der Waals surface area contributed by atoms with Gasteiger partial charge in [0, 0.05) is 62.5 Å². The molecule has 4 aromatic rings. The number of hydrogen-bond donors (Lipinski definition) is 4. The lowest BCUT2D eigenvalue weighted by Crippen LogP contribution is -2.53. The summed E-state index contributed by atoms with van der Waals surface area (Å²) in [4.78, 5) is 32.4. The van der Waals surface area contributed by atoms with E-state index in [0.29, 0.717) is 60.8 Å². The number of carbonyl (C=O) groups is 2. The Morgan fingerprint density at radius 3 is 2.25 bits per heavy atom. The number of piperazine rings is 1.